The normalized spacial score (nSPS) is 8.15. The van der Waals surface area contributed by atoms with Crippen LogP contribution in [0.2, 0.25) is 0 Å². The van der Waals surface area contributed by atoms with Gasteiger partial charge in [0.05, 0.1) is 12.8 Å². The van der Waals surface area contributed by atoms with Gasteiger partial charge < -0.3 is 10.1 Å². The first-order valence-electron chi connectivity index (χ1n) is 7.89. The summed E-state index contributed by atoms with van der Waals surface area (Å²) in [6.45, 7) is 19.5. The highest BCUT2D eigenvalue weighted by atomic mass is 16.5. The first-order chi connectivity index (χ1) is 9.51. The number of hydrogen-bond donors (Lipinski definition) is 1. The Morgan fingerprint density at radius 1 is 1.05 bits per heavy atom. The molecule has 0 bridgehead atoms. The predicted molar refractivity (Wildman–Crippen MR) is 95.1 cm³/mol. The summed E-state index contributed by atoms with van der Waals surface area (Å²) in [7, 11) is 1.69. The number of hydrogen-bond acceptors (Lipinski definition) is 2. The van der Waals surface area contributed by atoms with Crippen molar-refractivity contribution in [2.45, 2.75) is 62.3 Å². The van der Waals surface area contributed by atoms with Gasteiger partial charge in [0.15, 0.2) is 0 Å². The van der Waals surface area contributed by atoms with E-state index in [4.69, 9.17) is 4.74 Å². The second-order valence-corrected chi connectivity index (χ2v) is 4.47. The van der Waals surface area contributed by atoms with Crippen LogP contribution in [0.5, 0.6) is 5.75 Å². The van der Waals surface area contributed by atoms with Crippen molar-refractivity contribution in [1.29, 1.82) is 0 Å². The van der Waals surface area contributed by atoms with E-state index < -0.39 is 0 Å². The standard InChI is InChI=1S/C10H15NO.C4H10.2C2H6/c1-4-11-9-6-5-8(2)7-10(9)12-3;1-4(2)3;2*1-2/h5-7,11H,4H2,1-3H3;4H,1-3H3;2*1-2H3. The van der Waals surface area contributed by atoms with E-state index in [0.717, 1.165) is 23.9 Å². The van der Waals surface area contributed by atoms with Gasteiger partial charge >= 0.3 is 0 Å². The number of ether oxygens (including phenoxy) is 1. The number of anilines is 1. The Morgan fingerprint density at radius 2 is 1.50 bits per heavy atom. The maximum atomic E-state index is 5.22. The summed E-state index contributed by atoms with van der Waals surface area (Å²) in [5.74, 6) is 1.75. The van der Waals surface area contributed by atoms with E-state index in [0.29, 0.717) is 0 Å². The van der Waals surface area contributed by atoms with Crippen molar-refractivity contribution in [2.24, 2.45) is 5.92 Å². The van der Waals surface area contributed by atoms with Gasteiger partial charge in [0.2, 0.25) is 0 Å². The van der Waals surface area contributed by atoms with E-state index in [1.165, 1.54) is 5.56 Å². The van der Waals surface area contributed by atoms with Crippen LogP contribution in [-0.4, -0.2) is 13.7 Å². The topological polar surface area (TPSA) is 21.3 Å². The maximum Gasteiger partial charge on any atom is 0.142 e. The van der Waals surface area contributed by atoms with E-state index >= 15 is 0 Å². The average molecular weight is 284 g/mol. The molecule has 0 aromatic heterocycles. The van der Waals surface area contributed by atoms with Crippen LogP contribution in [0.1, 0.15) is 61.0 Å². The minimum Gasteiger partial charge on any atom is -0.495 e. The summed E-state index contributed by atoms with van der Waals surface area (Å²) in [5.41, 5.74) is 2.28. The van der Waals surface area contributed by atoms with Gasteiger partial charge in [0, 0.05) is 6.54 Å². The van der Waals surface area contributed by atoms with Gasteiger partial charge in [0.25, 0.3) is 0 Å². The molecule has 1 aromatic carbocycles. The van der Waals surface area contributed by atoms with Gasteiger partial charge in [0.1, 0.15) is 5.75 Å². The van der Waals surface area contributed by atoms with Crippen LogP contribution in [0.4, 0.5) is 5.69 Å². The molecule has 1 rings (SSSR count). The lowest BCUT2D eigenvalue weighted by atomic mass is 10.2. The maximum absolute atomic E-state index is 5.22. The fourth-order valence-electron chi connectivity index (χ4n) is 1.13. The fourth-order valence-corrected chi connectivity index (χ4v) is 1.13. The third kappa shape index (κ3) is 14.9. The van der Waals surface area contributed by atoms with Gasteiger partial charge in [-0.25, -0.2) is 0 Å². The molecule has 1 aromatic rings. The molecule has 0 fully saturated rings. The minimum absolute atomic E-state index is 0.833. The molecule has 0 aliphatic rings. The highest BCUT2D eigenvalue weighted by molar-refractivity contribution is 5.57. The van der Waals surface area contributed by atoms with Crippen LogP contribution in [0, 0.1) is 12.8 Å². The van der Waals surface area contributed by atoms with Crippen molar-refractivity contribution in [2.75, 3.05) is 19.0 Å². The summed E-state index contributed by atoms with van der Waals surface area (Å²) in [5, 5.41) is 3.23. The number of methoxy groups -OCH3 is 1. The van der Waals surface area contributed by atoms with Crippen molar-refractivity contribution in [3.63, 3.8) is 0 Å². The molecule has 0 spiro atoms. The molecular formula is C18H37NO. The molecular weight excluding hydrogens is 246 g/mol. The van der Waals surface area contributed by atoms with Crippen molar-refractivity contribution in [3.8, 4) is 5.75 Å². The fraction of sp³-hybridized carbons (Fsp3) is 0.667. The van der Waals surface area contributed by atoms with Crippen LogP contribution in [0.3, 0.4) is 0 Å². The Morgan fingerprint density at radius 3 is 1.85 bits per heavy atom. The van der Waals surface area contributed by atoms with Gasteiger partial charge in [-0.15, -0.1) is 0 Å². The number of benzene rings is 1. The van der Waals surface area contributed by atoms with E-state index in [1.54, 1.807) is 7.11 Å². The zero-order valence-electron chi connectivity index (χ0n) is 15.4. The molecule has 1 N–H and O–H groups in total. The first-order valence-corrected chi connectivity index (χ1v) is 7.89. The molecule has 0 unspecified atom stereocenters. The van der Waals surface area contributed by atoms with E-state index in [2.05, 4.69) is 46.0 Å². The molecule has 2 heteroatoms. The van der Waals surface area contributed by atoms with Gasteiger partial charge in [-0.1, -0.05) is 54.5 Å². The first kappa shape index (κ1) is 23.9. The third-order valence-electron chi connectivity index (χ3n) is 1.72. The van der Waals surface area contributed by atoms with E-state index in [-0.39, 0.29) is 0 Å². The van der Waals surface area contributed by atoms with Crippen molar-refractivity contribution in [1.82, 2.24) is 0 Å². The smallest absolute Gasteiger partial charge is 0.142 e. The lowest BCUT2D eigenvalue weighted by Crippen LogP contribution is -1.99. The summed E-state index contributed by atoms with van der Waals surface area (Å²) < 4.78 is 5.22. The Kier molecular flexibility index (Phi) is 21.3. The molecule has 0 aliphatic heterocycles. The second-order valence-electron chi connectivity index (χ2n) is 4.47. The van der Waals surface area contributed by atoms with Crippen molar-refractivity contribution >= 4 is 5.69 Å². The zero-order chi connectivity index (χ0) is 16.6. The summed E-state index contributed by atoms with van der Waals surface area (Å²) >= 11 is 0. The Hall–Kier alpha value is -1.18. The number of nitrogens with one attached hydrogen (secondary N) is 1. The molecule has 0 radical (unpaired) electrons. The molecule has 120 valence electrons. The molecule has 0 amide bonds. The Labute approximate surface area is 127 Å². The number of aryl methyl sites for hydroxylation is 1. The van der Waals surface area contributed by atoms with Gasteiger partial charge in [-0.05, 0) is 37.5 Å². The molecule has 0 saturated heterocycles. The van der Waals surface area contributed by atoms with Gasteiger partial charge in [-0.2, -0.15) is 0 Å². The highest BCUT2D eigenvalue weighted by Gasteiger charge is 1.99. The quantitative estimate of drug-likeness (QED) is 0.718. The molecule has 20 heavy (non-hydrogen) atoms. The van der Waals surface area contributed by atoms with Crippen LogP contribution < -0.4 is 10.1 Å². The lowest BCUT2D eigenvalue weighted by molar-refractivity contribution is 0.416. The zero-order valence-corrected chi connectivity index (χ0v) is 15.4. The molecule has 0 aliphatic carbocycles. The monoisotopic (exact) mass is 283 g/mol. The number of rotatable bonds is 3. The highest BCUT2D eigenvalue weighted by Crippen LogP contribution is 2.24. The summed E-state index contributed by atoms with van der Waals surface area (Å²) in [4.78, 5) is 0. The molecule has 2 nitrogen and oxygen atoms in total. The summed E-state index contributed by atoms with van der Waals surface area (Å²) in [6.07, 6.45) is 0. The lowest BCUT2D eigenvalue weighted by Gasteiger charge is -2.09. The molecule has 0 heterocycles. The van der Waals surface area contributed by atoms with E-state index in [9.17, 15) is 0 Å². The SMILES string of the molecule is CC.CC.CC(C)C.CCNc1ccc(C)cc1OC. The summed E-state index contributed by atoms with van der Waals surface area (Å²) in [6, 6.07) is 6.14. The van der Waals surface area contributed by atoms with E-state index in [1.807, 2.05) is 39.8 Å². The Bertz CT molecular complexity index is 293. The van der Waals surface area contributed by atoms with Gasteiger partial charge in [-0.3, -0.25) is 0 Å². The third-order valence-corrected chi connectivity index (χ3v) is 1.72. The van der Waals surface area contributed by atoms with Crippen molar-refractivity contribution in [3.05, 3.63) is 23.8 Å². The van der Waals surface area contributed by atoms with Crippen LogP contribution in [0.25, 0.3) is 0 Å². The predicted octanol–water partition coefficient (Wildman–Crippen LogP) is 6.15. The minimum atomic E-state index is 0.833. The molecule has 0 atom stereocenters. The van der Waals surface area contributed by atoms with Crippen LogP contribution >= 0.6 is 0 Å². The van der Waals surface area contributed by atoms with Crippen LogP contribution in [-0.2, 0) is 0 Å². The average Bonchev–Trinajstić information content (AvgIpc) is 2.45. The Balaban J connectivity index is -0.000000306. The van der Waals surface area contributed by atoms with Crippen LogP contribution in [0.15, 0.2) is 18.2 Å². The van der Waals surface area contributed by atoms with Crippen molar-refractivity contribution < 1.29 is 4.74 Å². The second kappa shape index (κ2) is 17.8. The largest absolute Gasteiger partial charge is 0.495 e. The molecule has 0 saturated carbocycles.